The van der Waals surface area contributed by atoms with E-state index in [4.69, 9.17) is 92.0 Å². The van der Waals surface area contributed by atoms with E-state index >= 15 is 0 Å². The number of carbonyl (C=O) groups excluding carboxylic acids is 10. The van der Waals surface area contributed by atoms with Crippen molar-refractivity contribution in [1.29, 1.82) is 0 Å². The largest absolute Gasteiger partial charge is 0.463 e. The third kappa shape index (κ3) is 115. The van der Waals surface area contributed by atoms with Gasteiger partial charge in [0.25, 0.3) is 0 Å². The van der Waals surface area contributed by atoms with Crippen molar-refractivity contribution in [2.24, 2.45) is 11.5 Å². The van der Waals surface area contributed by atoms with Crippen LogP contribution in [0.4, 0.5) is 0 Å². The lowest BCUT2D eigenvalue weighted by Gasteiger charge is -2.37. The number of hydrogen-bond acceptors (Lipinski definition) is 39. The Morgan fingerprint density at radius 3 is 0.984 bits per heavy atom. The Hall–Kier alpha value is -1.38. The Morgan fingerprint density at radius 1 is 0.307 bits per heavy atom. The zero-order chi connectivity index (χ0) is 93.6. The molecule has 127 heavy (non-hydrogen) atoms. The highest BCUT2D eigenvalue weighted by atomic mass is 35.5. The van der Waals surface area contributed by atoms with E-state index in [9.17, 15) is 47.9 Å². The van der Waals surface area contributed by atoms with Gasteiger partial charge in [-0.1, -0.05) is 41.0 Å². The molecule has 0 aromatic heterocycles. The third-order valence-corrected chi connectivity index (χ3v) is 18.0. The van der Waals surface area contributed by atoms with Crippen LogP contribution in [-0.2, 0) is 128 Å². The van der Waals surface area contributed by atoms with Crippen molar-refractivity contribution in [2.75, 3.05) is 249 Å². The monoisotopic (exact) mass is 2060 g/mol. The van der Waals surface area contributed by atoms with Crippen molar-refractivity contribution in [3.63, 3.8) is 0 Å². The molecule has 0 radical (unpaired) electrons. The number of rotatable bonds is 83. The lowest BCUT2D eigenvalue weighted by Crippen LogP contribution is -2.53. The first-order valence-corrected chi connectivity index (χ1v) is 49.6. The van der Waals surface area contributed by atoms with Crippen LogP contribution in [0.5, 0.6) is 0 Å². The predicted molar refractivity (Wildman–Crippen MR) is 541 cm³/mol. The van der Waals surface area contributed by atoms with Crippen LogP contribution in [0.15, 0.2) is 0 Å². The molecular formula is C83H167Cl2N5O27S10. The van der Waals surface area contributed by atoms with Crippen molar-refractivity contribution in [1.82, 2.24) is 16.0 Å². The summed E-state index contributed by atoms with van der Waals surface area (Å²) in [6.45, 7) is 18.4. The fourth-order valence-electron chi connectivity index (χ4n) is 9.13. The van der Waals surface area contributed by atoms with E-state index in [-0.39, 0.29) is 181 Å². The van der Waals surface area contributed by atoms with Gasteiger partial charge in [0.2, 0.25) is 17.7 Å². The maximum atomic E-state index is 12.2. The highest BCUT2D eigenvalue weighted by molar-refractivity contribution is 7.81. The van der Waals surface area contributed by atoms with Gasteiger partial charge in [-0.25, -0.2) is 0 Å². The molecule has 0 bridgehead atoms. The Balaban J connectivity index is -0.000000233. The van der Waals surface area contributed by atoms with Crippen LogP contribution in [0.25, 0.3) is 0 Å². The Labute approximate surface area is 828 Å². The number of halogens is 2. The van der Waals surface area contributed by atoms with Crippen LogP contribution in [0.2, 0.25) is 0 Å². The average molecular weight is 2060 g/mol. The van der Waals surface area contributed by atoms with Crippen LogP contribution < -0.4 is 27.4 Å². The fraction of sp³-hybridized carbons (Fsp3) is 0.880. The molecule has 3 amide bonds. The molecule has 0 aliphatic heterocycles. The van der Waals surface area contributed by atoms with Crippen molar-refractivity contribution in [3.8, 4) is 0 Å². The summed E-state index contributed by atoms with van der Waals surface area (Å²) in [5.41, 5.74) is 10.4. The molecule has 760 valence electrons. The molecule has 0 saturated heterocycles. The number of hydrogen-bond donors (Lipinski definition) is 15. The smallest absolute Gasteiger partial charge is 0.306 e. The zero-order valence-electron chi connectivity index (χ0n) is 75.7. The minimum atomic E-state index is -1.06. The summed E-state index contributed by atoms with van der Waals surface area (Å²) in [5, 5.41) is 7.83. The van der Waals surface area contributed by atoms with Gasteiger partial charge >= 0.3 is 29.8 Å². The number of esters is 5. The second-order valence-corrected chi connectivity index (χ2v) is 30.7. The number of carbonyl (C=O) groups is 10. The predicted octanol–water partition coefficient (Wildman–Crippen LogP) is 9.93. The summed E-state index contributed by atoms with van der Waals surface area (Å²) in [7, 11) is 0. The van der Waals surface area contributed by atoms with E-state index in [1.54, 1.807) is 0 Å². The second kappa shape index (κ2) is 121. The summed E-state index contributed by atoms with van der Waals surface area (Å²) < 4.78 is 95.6. The van der Waals surface area contributed by atoms with Gasteiger partial charge in [0.1, 0.15) is 75.1 Å². The minimum absolute atomic E-state index is 0. The molecular weight excluding hydrogens is 1890 g/mol. The molecule has 0 aromatic carbocycles. The van der Waals surface area contributed by atoms with Gasteiger partial charge in [-0.2, -0.15) is 126 Å². The number of thiol groups is 10. The van der Waals surface area contributed by atoms with Crippen LogP contribution in [0.3, 0.4) is 0 Å². The van der Waals surface area contributed by atoms with Crippen molar-refractivity contribution >= 4 is 210 Å². The summed E-state index contributed by atoms with van der Waals surface area (Å²) in [6, 6.07) is -0.503. The Morgan fingerprint density at radius 2 is 0.622 bits per heavy atom. The maximum Gasteiger partial charge on any atom is 0.306 e. The highest BCUT2D eigenvalue weighted by Gasteiger charge is 2.39. The highest BCUT2D eigenvalue weighted by Crippen LogP contribution is 2.21. The first kappa shape index (κ1) is 143. The third-order valence-electron chi connectivity index (χ3n) is 15.3. The van der Waals surface area contributed by atoms with Gasteiger partial charge in [-0.15, -0.1) is 24.8 Å². The molecule has 0 spiro atoms. The zero-order valence-corrected chi connectivity index (χ0v) is 86.3. The molecule has 0 rings (SSSR count). The first-order valence-electron chi connectivity index (χ1n) is 43.3. The van der Waals surface area contributed by atoms with Crippen molar-refractivity contribution in [2.45, 2.75) is 220 Å². The van der Waals surface area contributed by atoms with Gasteiger partial charge in [0.05, 0.1) is 112 Å². The van der Waals surface area contributed by atoms with Crippen LogP contribution >= 0.6 is 151 Å². The van der Waals surface area contributed by atoms with Gasteiger partial charge in [-0.3, -0.25) is 47.9 Å². The summed E-state index contributed by atoms with van der Waals surface area (Å²) in [4.78, 5) is 116. The first-order chi connectivity index (χ1) is 60.1. The summed E-state index contributed by atoms with van der Waals surface area (Å²) in [5.74, 6) is 3.84. The van der Waals surface area contributed by atoms with Crippen molar-refractivity contribution in [3.05, 3.63) is 0 Å². The molecule has 7 N–H and O–H groups in total. The molecule has 0 aliphatic rings. The van der Waals surface area contributed by atoms with Crippen LogP contribution in [0.1, 0.15) is 190 Å². The fourth-order valence-corrected chi connectivity index (χ4v) is 10.8. The normalized spacial score (nSPS) is 11.6. The molecule has 0 heterocycles. The quantitative estimate of drug-likeness (QED) is 0.0116. The van der Waals surface area contributed by atoms with E-state index < -0.39 is 54.3 Å². The minimum Gasteiger partial charge on any atom is -0.463 e. The molecule has 5 atom stereocenters. The van der Waals surface area contributed by atoms with E-state index in [0.29, 0.717) is 157 Å². The van der Waals surface area contributed by atoms with Gasteiger partial charge in [0, 0.05) is 141 Å². The van der Waals surface area contributed by atoms with Gasteiger partial charge < -0.3 is 108 Å². The van der Waals surface area contributed by atoms with Crippen molar-refractivity contribution < 1.29 is 128 Å². The maximum absolute atomic E-state index is 12.2. The Kier molecular flexibility index (Phi) is 136. The number of ether oxygens (including phenoxy) is 17. The number of amides is 3. The molecule has 32 nitrogen and oxygen atoms in total. The standard InChI is InChI=1S/C37H66O17S5.C15H28O3S.C9H20O2S.C8H17N3O2S.C7H16O2S.C6H14N2OS.CH4.2ClH/c1-2-4-31(38)48-13-11-44-28-30(47-17-19-51-34(41)7-25-58)37(54-21-20-52-35(42)8-26-59)36(53-15-10-43-9-3-22-55)29(46-16-18-50-33(40)6-24-57)27-45-12-14-49-32(39)5-23-56;1-2-3-7-14(16)8-4-11-18-12-5-9-15(17)10-6-13-19;1-2-3-5-10-7-8-11-6-4-9-12;1-6(12)11-7(2-5-14)8(13)10-4-3-9;1-2-8-5-6-9-4-3-7-10;7-3-4-8-6(9)2-1-5-10;;;/h29-30,36-37,55-59H,2-28H2,1H3;19H,2-13H2,1H3;12H,2-9H2,1H3;7,14H,2-5,9H2,1H3,(H,10,13)(H,11,12);10H,2-7H2,1H3;10H,1-5,7H2,(H,8,9);1H4;2*1H. The van der Waals surface area contributed by atoms with Gasteiger partial charge in [0.15, 0.2) is 0 Å². The summed E-state index contributed by atoms with van der Waals surface area (Å²) >= 11 is 40.7. The number of unbranched alkanes of at least 4 members (excludes halogenated alkanes) is 2. The summed E-state index contributed by atoms with van der Waals surface area (Å²) in [6.07, 6.45) is 11.4. The van der Waals surface area contributed by atoms with Crippen LogP contribution in [-0.4, -0.2) is 338 Å². The van der Waals surface area contributed by atoms with Crippen LogP contribution in [0, 0.1) is 0 Å². The van der Waals surface area contributed by atoms with Gasteiger partial charge in [-0.05, 0) is 112 Å². The molecule has 0 saturated carbocycles. The number of nitrogens with one attached hydrogen (secondary N) is 3. The average Bonchev–Trinajstić information content (AvgIpc) is 0.840. The SMILES string of the molecule is C.CC(=O)NC(CCS)C(=O)NCCN.CCCC(=O)OCCOCC(OCCOC(=O)CCS)C(OCCOC(=O)CCS)C(OCCOCCCS)C(COCCOC(=O)CCS)OCCOC(=O)CCS.CCCCC(=O)CCCOCCCC(=O)CCCS.CCCCOCCOCCCS.CCOCCOCCCS.Cl.Cl.NCCNC(=O)CCCS. The second-order valence-electron chi connectivity index (χ2n) is 26.3. The number of ketones is 2. The Bertz CT molecular complexity index is 2380. The van der Waals surface area contributed by atoms with E-state index in [1.165, 1.54) is 13.3 Å². The molecule has 0 fully saturated rings. The van der Waals surface area contributed by atoms with E-state index in [0.717, 1.165) is 120 Å². The lowest BCUT2D eigenvalue weighted by atomic mass is 10.0. The molecule has 5 unspecified atom stereocenters. The number of Topliss-reactive ketones (excluding diaryl/α,β-unsaturated/α-hetero) is 2. The molecule has 44 heteroatoms. The van der Waals surface area contributed by atoms with E-state index in [1.807, 2.05) is 13.8 Å². The molecule has 0 aliphatic carbocycles. The lowest BCUT2D eigenvalue weighted by molar-refractivity contribution is -0.207. The van der Waals surface area contributed by atoms with E-state index in [2.05, 4.69) is 156 Å². The topological polar surface area (TPSA) is 416 Å². The number of nitrogens with two attached hydrogens (primary N) is 2. The molecule has 0 aromatic rings.